The first-order chi connectivity index (χ1) is 22.2. The van der Waals surface area contributed by atoms with Gasteiger partial charge in [-0.3, -0.25) is 19.2 Å². The summed E-state index contributed by atoms with van der Waals surface area (Å²) >= 11 is 0. The molecule has 238 valence electrons. The van der Waals surface area contributed by atoms with E-state index in [2.05, 4.69) is 0 Å². The van der Waals surface area contributed by atoms with Crippen LogP contribution >= 0.6 is 0 Å². The average molecular weight is 623 g/mol. The van der Waals surface area contributed by atoms with Crippen LogP contribution in [0.3, 0.4) is 0 Å². The molecule has 3 aromatic carbocycles. The molecule has 0 radical (unpaired) electrons. The van der Waals surface area contributed by atoms with Gasteiger partial charge in [-0.15, -0.1) is 0 Å². The largest absolute Gasteiger partial charge is 0.395 e. The molecular formula is C36H38N4O6. The van der Waals surface area contributed by atoms with Gasteiger partial charge in [0.2, 0.25) is 17.7 Å². The van der Waals surface area contributed by atoms with Crippen molar-refractivity contribution in [2.45, 2.75) is 44.9 Å². The van der Waals surface area contributed by atoms with E-state index < -0.39 is 17.4 Å². The van der Waals surface area contributed by atoms with Crippen LogP contribution in [-0.4, -0.2) is 65.0 Å². The van der Waals surface area contributed by atoms with Crippen molar-refractivity contribution in [3.63, 3.8) is 0 Å². The second-order valence-corrected chi connectivity index (χ2v) is 12.1. The highest BCUT2D eigenvalue weighted by Gasteiger charge is 2.53. The Morgan fingerprint density at radius 3 is 2.22 bits per heavy atom. The molecule has 4 amide bonds. The number of aliphatic hydroxyl groups excluding tert-OH is 1. The van der Waals surface area contributed by atoms with Crippen molar-refractivity contribution < 1.29 is 29.4 Å². The summed E-state index contributed by atoms with van der Waals surface area (Å²) in [6, 6.07) is 22.3. The third-order valence-corrected chi connectivity index (χ3v) is 9.14. The third kappa shape index (κ3) is 5.81. The summed E-state index contributed by atoms with van der Waals surface area (Å²) in [4.78, 5) is 58.0. The van der Waals surface area contributed by atoms with Crippen LogP contribution in [0.2, 0.25) is 0 Å². The van der Waals surface area contributed by atoms with E-state index in [1.807, 2.05) is 54.6 Å². The van der Waals surface area contributed by atoms with Gasteiger partial charge in [0.1, 0.15) is 0 Å². The van der Waals surface area contributed by atoms with Crippen LogP contribution in [0.4, 0.5) is 17.1 Å². The molecule has 2 saturated heterocycles. The van der Waals surface area contributed by atoms with Crippen LogP contribution in [0.25, 0.3) is 0 Å². The summed E-state index contributed by atoms with van der Waals surface area (Å²) in [6.45, 7) is 3.52. The minimum atomic E-state index is -1.95. The number of aliphatic hydroxyl groups is 2. The van der Waals surface area contributed by atoms with Crippen LogP contribution in [0.15, 0.2) is 84.9 Å². The van der Waals surface area contributed by atoms with Crippen LogP contribution in [-0.2, 0) is 37.9 Å². The van der Waals surface area contributed by atoms with Gasteiger partial charge in [0, 0.05) is 68.3 Å². The molecule has 0 saturated carbocycles. The molecule has 0 bridgehead atoms. The van der Waals surface area contributed by atoms with Gasteiger partial charge >= 0.3 is 0 Å². The van der Waals surface area contributed by atoms with Crippen molar-refractivity contribution in [3.8, 4) is 0 Å². The van der Waals surface area contributed by atoms with Crippen molar-refractivity contribution in [2.24, 2.45) is 5.92 Å². The third-order valence-electron chi connectivity index (χ3n) is 9.14. The van der Waals surface area contributed by atoms with Crippen molar-refractivity contribution >= 4 is 40.7 Å². The first kappa shape index (κ1) is 31.2. The summed E-state index contributed by atoms with van der Waals surface area (Å²) in [5.41, 5.74) is 2.14. The topological polar surface area (TPSA) is 122 Å². The number of nitrogens with zero attached hydrogens (tertiary/aromatic N) is 4. The number of carbonyl (C=O) groups excluding carboxylic acids is 4. The summed E-state index contributed by atoms with van der Waals surface area (Å²) < 4.78 is 0. The van der Waals surface area contributed by atoms with E-state index in [1.165, 1.54) is 0 Å². The summed E-state index contributed by atoms with van der Waals surface area (Å²) in [7, 11) is 0. The van der Waals surface area contributed by atoms with Crippen molar-refractivity contribution in [1.82, 2.24) is 4.90 Å². The van der Waals surface area contributed by atoms with Crippen molar-refractivity contribution in [1.29, 1.82) is 0 Å². The summed E-state index contributed by atoms with van der Waals surface area (Å²) in [5, 5.41) is 21.8. The molecule has 2 atom stereocenters. The van der Waals surface area contributed by atoms with E-state index >= 15 is 0 Å². The van der Waals surface area contributed by atoms with Gasteiger partial charge in [0.25, 0.3) is 5.91 Å². The second kappa shape index (κ2) is 12.9. The number of anilines is 3. The highest BCUT2D eigenvalue weighted by atomic mass is 16.3. The second-order valence-electron chi connectivity index (χ2n) is 12.1. The fraction of sp³-hybridized carbons (Fsp3) is 0.333. The molecule has 10 heteroatoms. The Balaban J connectivity index is 1.25. The number of amides is 4. The molecule has 3 aliphatic heterocycles. The van der Waals surface area contributed by atoms with E-state index in [0.717, 1.165) is 16.8 Å². The number of benzene rings is 3. The minimum absolute atomic E-state index is 0.0172. The van der Waals surface area contributed by atoms with E-state index in [9.17, 15) is 29.4 Å². The number of β-lactam (4-membered cyclic amide) rings is 2. The molecule has 0 aliphatic carbocycles. The van der Waals surface area contributed by atoms with E-state index in [4.69, 9.17) is 0 Å². The van der Waals surface area contributed by atoms with Crippen LogP contribution in [0.5, 0.6) is 0 Å². The smallest absolute Gasteiger partial charge is 0.264 e. The van der Waals surface area contributed by atoms with Gasteiger partial charge in [-0.05, 0) is 41.5 Å². The fourth-order valence-electron chi connectivity index (χ4n) is 6.30. The summed E-state index contributed by atoms with van der Waals surface area (Å²) in [6.07, 6.45) is 4.34. The standard InChI is InChI=1S/C36H38N4O6/c1-25(7-5-12-32(42)37(19-20-41)23-26-8-3-2-4-9-26)36(46)30-22-29(39-18-16-34(39)44)13-14-31(30)40(35(36)45)24-27-10-6-11-28(21-27)38-17-15-33(38)43/h2-11,13-14,21-22,25,41,46H,12,15-20,23-24H2,1H3/b7-5+/t25-,36+/m0/s1. The molecule has 3 aromatic rings. The Kier molecular flexibility index (Phi) is 8.75. The molecule has 0 spiro atoms. The van der Waals surface area contributed by atoms with E-state index in [1.54, 1.807) is 56.9 Å². The Bertz CT molecular complexity index is 1690. The highest BCUT2D eigenvalue weighted by molar-refractivity contribution is 6.08. The number of rotatable bonds is 12. The Hall–Kier alpha value is -4.80. The zero-order valence-electron chi connectivity index (χ0n) is 25.8. The highest BCUT2D eigenvalue weighted by Crippen LogP contribution is 2.47. The first-order valence-electron chi connectivity index (χ1n) is 15.7. The monoisotopic (exact) mass is 622 g/mol. The normalized spacial score (nSPS) is 19.7. The van der Waals surface area contributed by atoms with Gasteiger partial charge < -0.3 is 29.8 Å². The maximum Gasteiger partial charge on any atom is 0.264 e. The predicted octanol–water partition coefficient (Wildman–Crippen LogP) is 3.50. The van der Waals surface area contributed by atoms with Gasteiger partial charge in [-0.1, -0.05) is 61.5 Å². The van der Waals surface area contributed by atoms with E-state index in [0.29, 0.717) is 49.4 Å². The zero-order valence-corrected chi connectivity index (χ0v) is 25.8. The Morgan fingerprint density at radius 1 is 0.913 bits per heavy atom. The summed E-state index contributed by atoms with van der Waals surface area (Å²) in [5.74, 6) is -1.37. The minimum Gasteiger partial charge on any atom is -0.395 e. The lowest BCUT2D eigenvalue weighted by Gasteiger charge is -2.32. The molecule has 2 N–H and O–H groups in total. The molecule has 3 aliphatic rings. The van der Waals surface area contributed by atoms with Gasteiger partial charge in [-0.2, -0.15) is 0 Å². The van der Waals surface area contributed by atoms with E-state index in [-0.39, 0.29) is 43.8 Å². The molecule has 3 heterocycles. The molecule has 2 fully saturated rings. The Labute approximate surface area is 268 Å². The number of fused-ring (bicyclic) bond motifs is 1. The molecular weight excluding hydrogens is 584 g/mol. The molecule has 10 nitrogen and oxygen atoms in total. The number of carbonyl (C=O) groups is 4. The Morgan fingerprint density at radius 2 is 1.59 bits per heavy atom. The van der Waals surface area contributed by atoms with Crippen LogP contribution in [0, 0.1) is 5.92 Å². The first-order valence-corrected chi connectivity index (χ1v) is 15.7. The molecule has 6 rings (SSSR count). The maximum atomic E-state index is 14.2. The van der Waals surface area contributed by atoms with Gasteiger partial charge in [0.15, 0.2) is 5.60 Å². The number of hydrogen-bond acceptors (Lipinski definition) is 6. The van der Waals surface area contributed by atoms with Crippen LogP contribution < -0.4 is 14.7 Å². The lowest BCUT2D eigenvalue weighted by Crippen LogP contribution is -2.45. The van der Waals surface area contributed by atoms with Crippen molar-refractivity contribution in [3.05, 3.63) is 102 Å². The predicted molar refractivity (Wildman–Crippen MR) is 174 cm³/mol. The SMILES string of the molecule is C[C@@H](/C=C/CC(=O)N(CCO)Cc1ccccc1)[C@]1(O)C(=O)N(Cc2cccc(N3CCC3=O)c2)c2ccc(N3CCC3=O)cc21. The fourth-order valence-corrected chi connectivity index (χ4v) is 6.30. The quantitative estimate of drug-likeness (QED) is 0.236. The molecule has 46 heavy (non-hydrogen) atoms. The van der Waals surface area contributed by atoms with Crippen molar-refractivity contribution in [2.75, 3.05) is 40.9 Å². The maximum absolute atomic E-state index is 14.2. The van der Waals surface area contributed by atoms with Gasteiger partial charge in [-0.25, -0.2) is 0 Å². The molecule has 0 unspecified atom stereocenters. The zero-order chi connectivity index (χ0) is 32.4. The lowest BCUT2D eigenvalue weighted by atomic mass is 9.82. The van der Waals surface area contributed by atoms with Gasteiger partial charge in [0.05, 0.1) is 18.8 Å². The molecule has 0 aromatic heterocycles. The number of hydrogen-bond donors (Lipinski definition) is 2. The average Bonchev–Trinajstić information content (AvgIpc) is 3.25. The lowest BCUT2D eigenvalue weighted by molar-refractivity contribution is -0.139. The van der Waals surface area contributed by atoms with Crippen LogP contribution in [0.1, 0.15) is 42.9 Å².